The van der Waals surface area contributed by atoms with Crippen LogP contribution in [0, 0.1) is 11.3 Å². The molecule has 0 N–H and O–H groups in total. The van der Waals surface area contributed by atoms with Gasteiger partial charge in [-0.3, -0.25) is 9.36 Å². The molecule has 0 unspecified atom stereocenters. The van der Waals surface area contributed by atoms with Gasteiger partial charge in [-0.1, -0.05) is 37.3 Å². The highest BCUT2D eigenvalue weighted by molar-refractivity contribution is 7.18. The van der Waals surface area contributed by atoms with E-state index in [9.17, 15) is 4.79 Å². The third-order valence-corrected chi connectivity index (χ3v) is 4.74. The Balaban J connectivity index is 2.17. The number of hydrogen-bond donors (Lipinski definition) is 0. The van der Waals surface area contributed by atoms with Crippen molar-refractivity contribution in [3.8, 4) is 6.07 Å². The number of fused-ring (bicyclic) bond motifs is 1. The maximum atomic E-state index is 12.6. The molecule has 0 radical (unpaired) electrons. The summed E-state index contributed by atoms with van der Waals surface area (Å²) in [6, 6.07) is 13.8. The number of aryl methyl sites for hydroxylation is 1. The number of aromatic nitrogens is 2. The molecule has 0 spiro atoms. The van der Waals surface area contributed by atoms with Crippen LogP contribution < -0.4 is 5.56 Å². The molecule has 0 aliphatic rings. The van der Waals surface area contributed by atoms with E-state index < -0.39 is 0 Å². The fraction of sp³-hybridized carbons (Fsp3) is 0.235. The molecular weight excluding hydrogens is 294 g/mol. The molecule has 0 saturated carbocycles. The van der Waals surface area contributed by atoms with Gasteiger partial charge in [0.25, 0.3) is 5.56 Å². The summed E-state index contributed by atoms with van der Waals surface area (Å²) in [5, 5.41) is 9.64. The highest BCUT2D eigenvalue weighted by Crippen LogP contribution is 2.22. The van der Waals surface area contributed by atoms with Gasteiger partial charge in [0.05, 0.1) is 11.5 Å². The zero-order valence-electron chi connectivity index (χ0n) is 12.2. The Morgan fingerprint density at radius 2 is 2.09 bits per heavy atom. The minimum absolute atomic E-state index is 0.0290. The van der Waals surface area contributed by atoms with Gasteiger partial charge in [-0.2, -0.15) is 5.26 Å². The molecule has 1 aromatic carbocycles. The van der Waals surface area contributed by atoms with Crippen LogP contribution in [-0.2, 0) is 19.4 Å². The highest BCUT2D eigenvalue weighted by atomic mass is 32.1. The summed E-state index contributed by atoms with van der Waals surface area (Å²) >= 11 is 1.56. The standard InChI is InChI=1S/C17H15N3OS/c1-2-13-11-14-16(22-13)19-15(20(9-8-18)17(14)21)10-12-6-4-3-5-7-12/h3-7,11H,2,9-10H2,1H3. The maximum absolute atomic E-state index is 12.6. The fourth-order valence-electron chi connectivity index (χ4n) is 2.43. The van der Waals surface area contributed by atoms with Crippen LogP contribution in [-0.4, -0.2) is 9.55 Å². The lowest BCUT2D eigenvalue weighted by Crippen LogP contribution is -2.24. The van der Waals surface area contributed by atoms with E-state index in [1.165, 1.54) is 4.57 Å². The van der Waals surface area contributed by atoms with Gasteiger partial charge >= 0.3 is 0 Å². The van der Waals surface area contributed by atoms with Gasteiger partial charge in [0, 0.05) is 11.3 Å². The molecular formula is C17H15N3OS. The molecule has 4 nitrogen and oxygen atoms in total. The fourth-order valence-corrected chi connectivity index (χ4v) is 3.41. The van der Waals surface area contributed by atoms with E-state index >= 15 is 0 Å². The molecule has 110 valence electrons. The Kier molecular flexibility index (Phi) is 4.03. The Bertz CT molecular complexity index is 903. The van der Waals surface area contributed by atoms with Crippen molar-refractivity contribution in [3.05, 3.63) is 63.0 Å². The van der Waals surface area contributed by atoms with Crippen LogP contribution in [0.4, 0.5) is 0 Å². The second kappa shape index (κ2) is 6.12. The first-order chi connectivity index (χ1) is 10.7. The van der Waals surface area contributed by atoms with Crippen LogP contribution in [0.3, 0.4) is 0 Å². The summed E-state index contributed by atoms with van der Waals surface area (Å²) in [6.45, 7) is 2.09. The molecule has 5 heteroatoms. The van der Waals surface area contributed by atoms with Crippen molar-refractivity contribution in [2.75, 3.05) is 0 Å². The second-order valence-corrected chi connectivity index (χ2v) is 6.14. The molecule has 0 atom stereocenters. The van der Waals surface area contributed by atoms with Crippen molar-refractivity contribution >= 4 is 21.6 Å². The van der Waals surface area contributed by atoms with E-state index in [0.29, 0.717) is 17.6 Å². The summed E-state index contributed by atoms with van der Waals surface area (Å²) in [5.74, 6) is 0.648. The van der Waals surface area contributed by atoms with Crippen molar-refractivity contribution in [3.63, 3.8) is 0 Å². The monoisotopic (exact) mass is 309 g/mol. The van der Waals surface area contributed by atoms with E-state index in [1.807, 2.05) is 36.4 Å². The first kappa shape index (κ1) is 14.5. The number of hydrogen-bond acceptors (Lipinski definition) is 4. The molecule has 0 amide bonds. The first-order valence-corrected chi connectivity index (χ1v) is 7.97. The minimum Gasteiger partial charge on any atom is -0.282 e. The van der Waals surface area contributed by atoms with E-state index in [0.717, 1.165) is 21.7 Å². The molecule has 0 aliphatic heterocycles. The van der Waals surface area contributed by atoms with Gasteiger partial charge in [-0.25, -0.2) is 4.98 Å². The minimum atomic E-state index is -0.117. The van der Waals surface area contributed by atoms with Crippen LogP contribution in [0.1, 0.15) is 23.2 Å². The lowest BCUT2D eigenvalue weighted by Gasteiger charge is -2.09. The first-order valence-electron chi connectivity index (χ1n) is 7.16. The van der Waals surface area contributed by atoms with Crippen LogP contribution in [0.25, 0.3) is 10.2 Å². The lowest BCUT2D eigenvalue weighted by molar-refractivity contribution is 0.715. The van der Waals surface area contributed by atoms with Gasteiger partial charge < -0.3 is 0 Å². The van der Waals surface area contributed by atoms with Crippen LogP contribution in [0.15, 0.2) is 41.2 Å². The molecule has 0 bridgehead atoms. The molecule has 3 aromatic rings. The van der Waals surface area contributed by atoms with Gasteiger partial charge in [0.15, 0.2) is 0 Å². The molecule has 2 heterocycles. The normalized spacial score (nSPS) is 10.7. The molecule has 0 fully saturated rings. The average Bonchev–Trinajstić information content (AvgIpc) is 2.95. The number of rotatable bonds is 4. The summed E-state index contributed by atoms with van der Waals surface area (Å²) in [4.78, 5) is 19.2. The second-order valence-electron chi connectivity index (χ2n) is 5.02. The summed E-state index contributed by atoms with van der Waals surface area (Å²) in [5.41, 5.74) is 0.959. The van der Waals surface area contributed by atoms with Gasteiger partial charge in [-0.15, -0.1) is 11.3 Å². The Labute approximate surface area is 132 Å². The smallest absolute Gasteiger partial charge is 0.263 e. The molecule has 2 aromatic heterocycles. The van der Waals surface area contributed by atoms with E-state index in [1.54, 1.807) is 11.3 Å². The van der Waals surface area contributed by atoms with Gasteiger partial charge in [-0.05, 0) is 18.1 Å². The zero-order chi connectivity index (χ0) is 15.5. The predicted octanol–water partition coefficient (Wildman–Crippen LogP) is 3.13. The quantitative estimate of drug-likeness (QED) is 0.744. The number of thiophene rings is 1. The third-order valence-electron chi connectivity index (χ3n) is 3.56. The summed E-state index contributed by atoms with van der Waals surface area (Å²) < 4.78 is 1.49. The van der Waals surface area contributed by atoms with E-state index in [-0.39, 0.29) is 12.1 Å². The van der Waals surface area contributed by atoms with Crippen molar-refractivity contribution in [1.29, 1.82) is 5.26 Å². The molecule has 3 rings (SSSR count). The zero-order valence-corrected chi connectivity index (χ0v) is 13.1. The lowest BCUT2D eigenvalue weighted by atomic mass is 10.1. The molecule has 0 aliphatic carbocycles. The van der Waals surface area contributed by atoms with Crippen LogP contribution >= 0.6 is 11.3 Å². The number of nitriles is 1. The van der Waals surface area contributed by atoms with Crippen molar-refractivity contribution in [2.24, 2.45) is 0 Å². The van der Waals surface area contributed by atoms with Crippen molar-refractivity contribution in [2.45, 2.75) is 26.3 Å². The van der Waals surface area contributed by atoms with Crippen LogP contribution in [0.2, 0.25) is 0 Å². The SMILES string of the molecule is CCc1cc2c(=O)n(CC#N)c(Cc3ccccc3)nc2s1. The molecule has 0 saturated heterocycles. The van der Waals surface area contributed by atoms with Crippen molar-refractivity contribution < 1.29 is 0 Å². The van der Waals surface area contributed by atoms with Crippen LogP contribution in [0.5, 0.6) is 0 Å². The van der Waals surface area contributed by atoms with E-state index in [4.69, 9.17) is 5.26 Å². The summed E-state index contributed by atoms with van der Waals surface area (Å²) in [6.07, 6.45) is 1.43. The Morgan fingerprint density at radius 3 is 2.77 bits per heavy atom. The molecule has 22 heavy (non-hydrogen) atoms. The topological polar surface area (TPSA) is 58.7 Å². The highest BCUT2D eigenvalue weighted by Gasteiger charge is 2.14. The van der Waals surface area contributed by atoms with E-state index in [2.05, 4.69) is 18.0 Å². The van der Waals surface area contributed by atoms with Gasteiger partial charge in [0.1, 0.15) is 17.2 Å². The average molecular weight is 309 g/mol. The Morgan fingerprint density at radius 1 is 1.32 bits per heavy atom. The predicted molar refractivity (Wildman–Crippen MR) is 88.1 cm³/mol. The third kappa shape index (κ3) is 2.66. The van der Waals surface area contributed by atoms with Gasteiger partial charge in [0.2, 0.25) is 0 Å². The number of nitrogens with zero attached hydrogens (tertiary/aromatic N) is 3. The van der Waals surface area contributed by atoms with Crippen molar-refractivity contribution in [1.82, 2.24) is 9.55 Å². The largest absolute Gasteiger partial charge is 0.282 e. The maximum Gasteiger partial charge on any atom is 0.263 e. The summed E-state index contributed by atoms with van der Waals surface area (Å²) in [7, 11) is 0. The number of benzene rings is 1. The Hall–Kier alpha value is -2.45.